The molecule has 21 heavy (non-hydrogen) atoms. The van der Waals surface area contributed by atoms with E-state index in [1.807, 2.05) is 6.07 Å². The van der Waals surface area contributed by atoms with Crippen LogP contribution in [0.3, 0.4) is 0 Å². The Hall–Kier alpha value is -2.39. The number of pyridine rings is 1. The number of aromatic nitrogens is 1. The lowest BCUT2D eigenvalue weighted by Gasteiger charge is -2.27. The van der Waals surface area contributed by atoms with E-state index in [4.69, 9.17) is 9.68 Å². The maximum absolute atomic E-state index is 12.2. The van der Waals surface area contributed by atoms with Gasteiger partial charge >= 0.3 is 0 Å². The third-order valence-corrected chi connectivity index (χ3v) is 3.85. The quantitative estimate of drug-likeness (QED) is 0.911. The molecule has 1 saturated heterocycles. The van der Waals surface area contributed by atoms with E-state index in [0.717, 1.165) is 31.3 Å². The van der Waals surface area contributed by atoms with E-state index in [0.29, 0.717) is 11.4 Å². The summed E-state index contributed by atoms with van der Waals surface area (Å²) < 4.78 is 5.26. The normalized spacial score (nSPS) is 16.8. The van der Waals surface area contributed by atoms with Gasteiger partial charge in [-0.25, -0.2) is 4.98 Å². The summed E-state index contributed by atoms with van der Waals surface area (Å²) in [7, 11) is 2.06. The van der Waals surface area contributed by atoms with Crippen molar-refractivity contribution in [1.82, 2.24) is 9.88 Å². The molecule has 6 nitrogen and oxygen atoms in total. The van der Waals surface area contributed by atoms with Gasteiger partial charge in [0, 0.05) is 17.4 Å². The highest BCUT2D eigenvalue weighted by atomic mass is 16.3. The Morgan fingerprint density at radius 1 is 1.48 bits per heavy atom. The molecule has 0 unspecified atom stereocenters. The Morgan fingerprint density at radius 2 is 2.24 bits per heavy atom. The Balaban J connectivity index is 1.72. The van der Waals surface area contributed by atoms with E-state index >= 15 is 0 Å². The van der Waals surface area contributed by atoms with Gasteiger partial charge in [-0.05, 0) is 39.0 Å². The number of fused-ring (bicyclic) bond motifs is 1. The number of rotatable bonds is 2. The third kappa shape index (κ3) is 2.88. The summed E-state index contributed by atoms with van der Waals surface area (Å²) in [5, 5.41) is 12.4. The van der Waals surface area contributed by atoms with E-state index < -0.39 is 0 Å². The van der Waals surface area contributed by atoms with Crippen molar-refractivity contribution in [2.75, 3.05) is 25.5 Å². The minimum Gasteiger partial charge on any atom is -0.444 e. The molecule has 0 bridgehead atoms. The van der Waals surface area contributed by atoms with E-state index in [-0.39, 0.29) is 17.6 Å². The summed E-state index contributed by atoms with van der Waals surface area (Å²) in [5.41, 5.74) is 0.545. The van der Waals surface area contributed by atoms with Crippen molar-refractivity contribution in [3.05, 3.63) is 24.1 Å². The zero-order valence-corrected chi connectivity index (χ0v) is 11.8. The Labute approximate surface area is 122 Å². The first-order valence-electron chi connectivity index (χ1n) is 6.95. The van der Waals surface area contributed by atoms with Crippen LogP contribution in [0.1, 0.15) is 18.6 Å². The van der Waals surface area contributed by atoms with Gasteiger partial charge in [0.1, 0.15) is 11.9 Å². The number of hydrogen-bond acceptors (Lipinski definition) is 5. The number of likely N-dealkylation sites (tertiary alicyclic amines) is 1. The molecule has 2 aromatic heterocycles. The molecular weight excluding hydrogens is 268 g/mol. The second kappa shape index (κ2) is 5.54. The number of hydrogen-bond donors (Lipinski definition) is 1. The number of nitrogens with zero attached hydrogens (tertiary/aromatic N) is 3. The Morgan fingerprint density at radius 3 is 2.95 bits per heavy atom. The molecule has 3 rings (SSSR count). The molecule has 0 aliphatic carbocycles. The summed E-state index contributed by atoms with van der Waals surface area (Å²) in [5.74, 6) is 0.791. The van der Waals surface area contributed by atoms with Crippen molar-refractivity contribution in [1.29, 1.82) is 5.26 Å². The van der Waals surface area contributed by atoms with Gasteiger partial charge in [0.05, 0.1) is 6.20 Å². The molecule has 1 aliphatic heterocycles. The molecule has 0 aromatic carbocycles. The lowest BCUT2D eigenvalue weighted by atomic mass is 9.96. The molecule has 0 spiro atoms. The van der Waals surface area contributed by atoms with Crippen LogP contribution in [0.25, 0.3) is 11.0 Å². The van der Waals surface area contributed by atoms with Gasteiger partial charge in [-0.1, -0.05) is 0 Å². The maximum Gasteiger partial charge on any atom is 0.228 e. The maximum atomic E-state index is 12.2. The molecule has 6 heteroatoms. The van der Waals surface area contributed by atoms with Gasteiger partial charge in [-0.2, -0.15) is 5.26 Å². The molecule has 1 N–H and O–H groups in total. The van der Waals surface area contributed by atoms with Crippen molar-refractivity contribution in [2.24, 2.45) is 5.92 Å². The number of amides is 1. The molecule has 3 heterocycles. The van der Waals surface area contributed by atoms with Crippen LogP contribution in [0, 0.1) is 17.2 Å². The molecule has 1 amide bonds. The SMILES string of the molecule is CN1CCC(C(=O)Nc2cc3cc(C#N)oc3cn2)CC1. The van der Waals surface area contributed by atoms with Crippen LogP contribution in [0.5, 0.6) is 0 Å². The standard InChI is InChI=1S/C15H16N4O2/c1-19-4-2-10(3-5-19)15(20)18-14-7-11-6-12(8-16)21-13(11)9-17-14/h6-7,9-10H,2-5H2,1H3,(H,17,18,20). The van der Waals surface area contributed by atoms with Gasteiger partial charge in [-0.15, -0.1) is 0 Å². The lowest BCUT2D eigenvalue weighted by Crippen LogP contribution is -2.36. The van der Waals surface area contributed by atoms with Crippen LogP contribution in [0.2, 0.25) is 0 Å². The van der Waals surface area contributed by atoms with Crippen LogP contribution < -0.4 is 5.32 Å². The first-order valence-corrected chi connectivity index (χ1v) is 6.95. The fourth-order valence-electron chi connectivity index (χ4n) is 2.57. The molecule has 0 atom stereocenters. The van der Waals surface area contributed by atoms with Gasteiger partial charge in [0.15, 0.2) is 5.58 Å². The smallest absolute Gasteiger partial charge is 0.228 e. The minimum atomic E-state index is 0.0129. The van der Waals surface area contributed by atoms with Gasteiger partial charge in [0.2, 0.25) is 11.7 Å². The van der Waals surface area contributed by atoms with Crippen LogP contribution in [0.4, 0.5) is 5.82 Å². The highest BCUT2D eigenvalue weighted by Crippen LogP contribution is 2.22. The van der Waals surface area contributed by atoms with Crippen molar-refractivity contribution in [3.63, 3.8) is 0 Å². The van der Waals surface area contributed by atoms with Crippen molar-refractivity contribution in [2.45, 2.75) is 12.8 Å². The van der Waals surface area contributed by atoms with Gasteiger partial charge in [0.25, 0.3) is 0 Å². The minimum absolute atomic E-state index is 0.0129. The number of carbonyl (C=O) groups is 1. The molecule has 1 fully saturated rings. The predicted molar refractivity (Wildman–Crippen MR) is 77.6 cm³/mol. The van der Waals surface area contributed by atoms with Crippen molar-refractivity contribution >= 4 is 22.7 Å². The highest BCUT2D eigenvalue weighted by Gasteiger charge is 2.23. The molecule has 108 valence electrons. The van der Waals surface area contributed by atoms with Crippen LogP contribution in [0.15, 0.2) is 22.7 Å². The molecule has 0 saturated carbocycles. The number of furan rings is 1. The Bertz CT molecular complexity index is 708. The van der Waals surface area contributed by atoms with Crippen molar-refractivity contribution < 1.29 is 9.21 Å². The number of nitriles is 1. The zero-order valence-electron chi connectivity index (χ0n) is 11.8. The topological polar surface area (TPSA) is 82.2 Å². The summed E-state index contributed by atoms with van der Waals surface area (Å²) in [6.07, 6.45) is 3.27. The van der Waals surface area contributed by atoms with E-state index in [2.05, 4.69) is 22.2 Å². The average Bonchev–Trinajstić information content (AvgIpc) is 2.90. The second-order valence-corrected chi connectivity index (χ2v) is 5.40. The van der Waals surface area contributed by atoms with Crippen LogP contribution >= 0.6 is 0 Å². The van der Waals surface area contributed by atoms with Gasteiger partial charge in [-0.3, -0.25) is 4.79 Å². The first kappa shape index (κ1) is 13.6. The lowest BCUT2D eigenvalue weighted by molar-refractivity contribution is -0.121. The number of nitrogens with one attached hydrogen (secondary N) is 1. The second-order valence-electron chi connectivity index (χ2n) is 5.40. The van der Waals surface area contributed by atoms with Crippen LogP contribution in [-0.2, 0) is 4.79 Å². The molecular formula is C15H16N4O2. The third-order valence-electron chi connectivity index (χ3n) is 3.85. The van der Waals surface area contributed by atoms with E-state index in [1.54, 1.807) is 12.1 Å². The summed E-state index contributed by atoms with van der Waals surface area (Å²) >= 11 is 0. The van der Waals surface area contributed by atoms with Gasteiger partial charge < -0.3 is 14.6 Å². The largest absolute Gasteiger partial charge is 0.444 e. The highest BCUT2D eigenvalue weighted by molar-refractivity contribution is 5.93. The first-order chi connectivity index (χ1) is 10.2. The molecule has 1 aliphatic rings. The number of piperidine rings is 1. The predicted octanol–water partition coefficient (Wildman–Crippen LogP) is 1.98. The summed E-state index contributed by atoms with van der Waals surface area (Å²) in [4.78, 5) is 18.6. The Kier molecular flexibility index (Phi) is 3.59. The average molecular weight is 284 g/mol. The van der Waals surface area contributed by atoms with E-state index in [9.17, 15) is 4.79 Å². The number of anilines is 1. The summed E-state index contributed by atoms with van der Waals surface area (Å²) in [6.45, 7) is 1.88. The molecule has 0 radical (unpaired) electrons. The van der Waals surface area contributed by atoms with E-state index in [1.165, 1.54) is 6.20 Å². The van der Waals surface area contributed by atoms with Crippen LogP contribution in [-0.4, -0.2) is 35.9 Å². The fraction of sp³-hybridized carbons (Fsp3) is 0.400. The zero-order chi connectivity index (χ0) is 14.8. The number of carbonyl (C=O) groups excluding carboxylic acids is 1. The monoisotopic (exact) mass is 284 g/mol. The fourth-order valence-corrected chi connectivity index (χ4v) is 2.57. The van der Waals surface area contributed by atoms with Crippen molar-refractivity contribution in [3.8, 4) is 6.07 Å². The molecule has 2 aromatic rings. The summed E-state index contributed by atoms with van der Waals surface area (Å²) in [6, 6.07) is 5.32.